The van der Waals surface area contributed by atoms with Crippen molar-refractivity contribution in [3.05, 3.63) is 23.8 Å². The van der Waals surface area contributed by atoms with Gasteiger partial charge in [0.05, 0.1) is 12.7 Å². The summed E-state index contributed by atoms with van der Waals surface area (Å²) in [5, 5.41) is 12.4. The van der Waals surface area contributed by atoms with Gasteiger partial charge in [-0.1, -0.05) is 6.07 Å². The number of nitrogen functional groups attached to an aromatic ring is 1. The fraction of sp³-hybridized carbons (Fsp3) is 0.562. The van der Waals surface area contributed by atoms with Crippen LogP contribution >= 0.6 is 0 Å². The smallest absolute Gasteiger partial charge is 0.257 e. The average Bonchev–Trinajstić information content (AvgIpc) is 2.47. The number of hydrogen-bond acceptors (Lipinski definition) is 4. The first kappa shape index (κ1) is 15.6. The van der Waals surface area contributed by atoms with E-state index in [0.29, 0.717) is 36.1 Å². The van der Waals surface area contributed by atoms with Crippen LogP contribution in [0.4, 0.5) is 5.69 Å². The summed E-state index contributed by atoms with van der Waals surface area (Å²) >= 11 is 0. The summed E-state index contributed by atoms with van der Waals surface area (Å²) in [7, 11) is 0. The molecule has 1 saturated carbocycles. The van der Waals surface area contributed by atoms with Crippen LogP contribution in [0, 0.1) is 5.92 Å². The highest BCUT2D eigenvalue weighted by Gasteiger charge is 2.21. The molecule has 1 aromatic carbocycles. The van der Waals surface area contributed by atoms with Crippen molar-refractivity contribution < 1.29 is 14.6 Å². The lowest BCUT2D eigenvalue weighted by molar-refractivity contribution is 0.0908. The minimum atomic E-state index is -0.192. The van der Waals surface area contributed by atoms with Crippen molar-refractivity contribution in [1.29, 1.82) is 0 Å². The molecule has 116 valence electrons. The fourth-order valence-corrected chi connectivity index (χ4v) is 2.74. The Hall–Kier alpha value is -1.75. The Morgan fingerprint density at radius 1 is 1.38 bits per heavy atom. The Morgan fingerprint density at radius 3 is 2.76 bits per heavy atom. The Bertz CT molecular complexity index is 482. The highest BCUT2D eigenvalue weighted by atomic mass is 16.5. The third kappa shape index (κ3) is 4.11. The van der Waals surface area contributed by atoms with Crippen LogP contribution in [-0.2, 0) is 0 Å². The summed E-state index contributed by atoms with van der Waals surface area (Å²) in [4.78, 5) is 12.3. The maximum Gasteiger partial charge on any atom is 0.257 e. The molecule has 4 N–H and O–H groups in total. The zero-order valence-corrected chi connectivity index (χ0v) is 12.5. The van der Waals surface area contributed by atoms with E-state index in [-0.39, 0.29) is 12.0 Å². The summed E-state index contributed by atoms with van der Waals surface area (Å²) in [6.45, 7) is 2.98. The molecule has 2 rings (SSSR count). The minimum Gasteiger partial charge on any atom is -0.493 e. The average molecular weight is 292 g/mol. The zero-order chi connectivity index (χ0) is 15.2. The zero-order valence-electron chi connectivity index (χ0n) is 12.5. The van der Waals surface area contributed by atoms with Crippen LogP contribution < -0.4 is 15.8 Å². The van der Waals surface area contributed by atoms with Crippen molar-refractivity contribution in [3.63, 3.8) is 0 Å². The molecule has 1 amide bonds. The first-order valence-corrected chi connectivity index (χ1v) is 7.59. The van der Waals surface area contributed by atoms with E-state index in [1.165, 1.54) is 0 Å². The van der Waals surface area contributed by atoms with Gasteiger partial charge in [-0.05, 0) is 50.7 Å². The number of rotatable bonds is 5. The third-order valence-corrected chi connectivity index (χ3v) is 3.95. The Kier molecular flexibility index (Phi) is 5.44. The molecule has 21 heavy (non-hydrogen) atoms. The van der Waals surface area contributed by atoms with Gasteiger partial charge >= 0.3 is 0 Å². The number of benzene rings is 1. The van der Waals surface area contributed by atoms with E-state index in [9.17, 15) is 9.90 Å². The van der Waals surface area contributed by atoms with Gasteiger partial charge in [0, 0.05) is 12.2 Å². The topological polar surface area (TPSA) is 84.6 Å². The van der Waals surface area contributed by atoms with Gasteiger partial charge in [0.1, 0.15) is 11.3 Å². The van der Waals surface area contributed by atoms with Crippen molar-refractivity contribution in [2.24, 2.45) is 5.92 Å². The normalized spacial score (nSPS) is 21.8. The lowest BCUT2D eigenvalue weighted by atomic mass is 9.87. The number of nitrogens with two attached hydrogens (primary N) is 1. The predicted molar refractivity (Wildman–Crippen MR) is 82.3 cm³/mol. The summed E-state index contributed by atoms with van der Waals surface area (Å²) < 4.78 is 5.47. The molecule has 0 unspecified atom stereocenters. The summed E-state index contributed by atoms with van der Waals surface area (Å²) in [6.07, 6.45) is 3.36. The highest BCUT2D eigenvalue weighted by Crippen LogP contribution is 2.26. The van der Waals surface area contributed by atoms with Gasteiger partial charge in [0.25, 0.3) is 5.91 Å². The number of ether oxygens (including phenoxy) is 1. The molecular formula is C16H24N2O3. The number of amides is 1. The van der Waals surface area contributed by atoms with Gasteiger partial charge in [-0.25, -0.2) is 0 Å². The second-order valence-corrected chi connectivity index (χ2v) is 5.54. The fourth-order valence-electron chi connectivity index (χ4n) is 2.74. The summed E-state index contributed by atoms with van der Waals surface area (Å²) in [6, 6.07) is 5.24. The molecule has 0 radical (unpaired) electrons. The first-order chi connectivity index (χ1) is 10.1. The van der Waals surface area contributed by atoms with Gasteiger partial charge in [-0.3, -0.25) is 4.79 Å². The standard InChI is InChI=1S/C16H24N2O3/c1-2-21-14-5-3-4-13(17)15(14)16(20)18-10-11-6-8-12(19)9-7-11/h3-5,11-12,19H,2,6-10,17H2,1H3,(H,18,20). The SMILES string of the molecule is CCOc1cccc(N)c1C(=O)NCC1CCC(O)CC1. The quantitative estimate of drug-likeness (QED) is 0.724. The third-order valence-electron chi connectivity index (χ3n) is 3.95. The second kappa shape index (κ2) is 7.31. The molecule has 0 atom stereocenters. The van der Waals surface area contributed by atoms with Crippen molar-refractivity contribution in [3.8, 4) is 5.75 Å². The molecule has 1 aliphatic carbocycles. The first-order valence-electron chi connectivity index (χ1n) is 7.59. The van der Waals surface area contributed by atoms with Gasteiger partial charge in [0.15, 0.2) is 0 Å². The molecule has 1 fully saturated rings. The molecule has 1 aromatic rings. The van der Waals surface area contributed by atoms with Crippen molar-refractivity contribution >= 4 is 11.6 Å². The van der Waals surface area contributed by atoms with E-state index in [1.54, 1.807) is 18.2 Å². The van der Waals surface area contributed by atoms with Crippen LogP contribution in [0.25, 0.3) is 0 Å². The lowest BCUT2D eigenvalue weighted by Crippen LogP contribution is -2.32. The van der Waals surface area contributed by atoms with Crippen LogP contribution in [0.5, 0.6) is 5.75 Å². The number of anilines is 1. The molecule has 0 heterocycles. The van der Waals surface area contributed by atoms with Crippen LogP contribution in [0.15, 0.2) is 18.2 Å². The Balaban J connectivity index is 1.97. The van der Waals surface area contributed by atoms with Crippen LogP contribution in [0.1, 0.15) is 43.0 Å². The van der Waals surface area contributed by atoms with Crippen LogP contribution in [-0.4, -0.2) is 30.3 Å². The van der Waals surface area contributed by atoms with Crippen molar-refractivity contribution in [2.45, 2.75) is 38.7 Å². The monoisotopic (exact) mass is 292 g/mol. The molecule has 0 bridgehead atoms. The number of hydrogen-bond donors (Lipinski definition) is 3. The molecule has 0 saturated heterocycles. The van der Waals surface area contributed by atoms with Gasteiger partial charge in [-0.15, -0.1) is 0 Å². The molecule has 1 aliphatic rings. The van der Waals surface area contributed by atoms with Crippen molar-refractivity contribution in [1.82, 2.24) is 5.32 Å². The van der Waals surface area contributed by atoms with E-state index in [2.05, 4.69) is 5.32 Å². The second-order valence-electron chi connectivity index (χ2n) is 5.54. The molecule has 5 heteroatoms. The Labute approximate surface area is 125 Å². The van der Waals surface area contributed by atoms with E-state index < -0.39 is 0 Å². The van der Waals surface area contributed by atoms with Crippen molar-refractivity contribution in [2.75, 3.05) is 18.9 Å². The molecule has 0 aliphatic heterocycles. The minimum absolute atomic E-state index is 0.175. The molecular weight excluding hydrogens is 268 g/mol. The van der Waals surface area contributed by atoms with Gasteiger partial charge < -0.3 is 20.9 Å². The summed E-state index contributed by atoms with van der Waals surface area (Å²) in [5.74, 6) is 0.759. The lowest BCUT2D eigenvalue weighted by Gasteiger charge is -2.25. The molecule has 0 spiro atoms. The maximum absolute atomic E-state index is 12.3. The predicted octanol–water partition coefficient (Wildman–Crippen LogP) is 1.95. The summed E-state index contributed by atoms with van der Waals surface area (Å²) in [5.41, 5.74) is 6.75. The highest BCUT2D eigenvalue weighted by molar-refractivity contribution is 6.01. The maximum atomic E-state index is 12.3. The van der Waals surface area contributed by atoms with Crippen LogP contribution in [0.3, 0.4) is 0 Å². The number of carbonyl (C=O) groups excluding carboxylic acids is 1. The van der Waals surface area contributed by atoms with Gasteiger partial charge in [0.2, 0.25) is 0 Å². The molecule has 5 nitrogen and oxygen atoms in total. The number of nitrogens with one attached hydrogen (secondary N) is 1. The number of aliphatic hydroxyl groups is 1. The molecule has 0 aromatic heterocycles. The van der Waals surface area contributed by atoms with E-state index in [1.807, 2.05) is 6.92 Å². The Morgan fingerprint density at radius 2 is 2.10 bits per heavy atom. The van der Waals surface area contributed by atoms with Crippen LogP contribution in [0.2, 0.25) is 0 Å². The number of aliphatic hydroxyl groups excluding tert-OH is 1. The van der Waals surface area contributed by atoms with E-state index in [4.69, 9.17) is 10.5 Å². The number of carbonyl (C=O) groups is 1. The largest absolute Gasteiger partial charge is 0.493 e. The van der Waals surface area contributed by atoms with E-state index >= 15 is 0 Å². The van der Waals surface area contributed by atoms with E-state index in [0.717, 1.165) is 25.7 Å². The van der Waals surface area contributed by atoms with Gasteiger partial charge in [-0.2, -0.15) is 0 Å².